The fraction of sp³-hybridized carbons (Fsp3) is 0.294. The summed E-state index contributed by atoms with van der Waals surface area (Å²) < 4.78 is 26.8. The SMILES string of the molecule is Nc1cc(C(=O)NCc2ccccn2)cc(S(=O)(=O)N2CCCC2)c1. The molecule has 1 aliphatic heterocycles. The summed E-state index contributed by atoms with van der Waals surface area (Å²) in [7, 11) is -3.62. The molecule has 1 fully saturated rings. The quantitative estimate of drug-likeness (QED) is 0.784. The van der Waals surface area contributed by atoms with Gasteiger partial charge in [-0.1, -0.05) is 6.07 Å². The maximum Gasteiger partial charge on any atom is 0.251 e. The van der Waals surface area contributed by atoms with E-state index in [-0.39, 0.29) is 22.7 Å². The normalized spacial score (nSPS) is 15.2. The second-order valence-electron chi connectivity index (χ2n) is 5.91. The third-order valence-electron chi connectivity index (χ3n) is 4.05. The first kappa shape index (κ1) is 17.4. The van der Waals surface area contributed by atoms with Crippen molar-refractivity contribution in [2.75, 3.05) is 18.8 Å². The van der Waals surface area contributed by atoms with Gasteiger partial charge in [0, 0.05) is 30.5 Å². The van der Waals surface area contributed by atoms with Crippen molar-refractivity contribution in [2.45, 2.75) is 24.3 Å². The minimum absolute atomic E-state index is 0.0531. The second-order valence-corrected chi connectivity index (χ2v) is 7.84. The average molecular weight is 360 g/mol. The monoisotopic (exact) mass is 360 g/mol. The van der Waals surface area contributed by atoms with E-state index < -0.39 is 15.9 Å². The number of nitrogens with one attached hydrogen (secondary N) is 1. The summed E-state index contributed by atoms with van der Waals surface area (Å²) in [6.07, 6.45) is 3.33. The number of anilines is 1. The van der Waals surface area contributed by atoms with Crippen molar-refractivity contribution in [2.24, 2.45) is 0 Å². The lowest BCUT2D eigenvalue weighted by Crippen LogP contribution is -2.29. The molecular formula is C17H20N4O3S. The van der Waals surface area contributed by atoms with Crippen molar-refractivity contribution in [3.05, 3.63) is 53.9 Å². The van der Waals surface area contributed by atoms with Crippen LogP contribution in [0, 0.1) is 0 Å². The van der Waals surface area contributed by atoms with E-state index in [0.717, 1.165) is 12.8 Å². The molecule has 7 nitrogen and oxygen atoms in total. The maximum atomic E-state index is 12.7. The van der Waals surface area contributed by atoms with E-state index in [4.69, 9.17) is 5.73 Å². The Hall–Kier alpha value is -2.45. The Kier molecular flexibility index (Phi) is 5.00. The van der Waals surface area contributed by atoms with E-state index in [1.165, 1.54) is 22.5 Å². The van der Waals surface area contributed by atoms with Crippen LogP contribution in [0.1, 0.15) is 28.9 Å². The molecule has 3 N–H and O–H groups in total. The lowest BCUT2D eigenvalue weighted by atomic mass is 10.2. The molecule has 8 heteroatoms. The van der Waals surface area contributed by atoms with Gasteiger partial charge in [0.2, 0.25) is 10.0 Å². The Balaban J connectivity index is 1.80. The lowest BCUT2D eigenvalue weighted by molar-refractivity contribution is 0.0950. The Morgan fingerprint density at radius 1 is 1.20 bits per heavy atom. The van der Waals surface area contributed by atoms with E-state index in [1.54, 1.807) is 18.3 Å². The number of nitrogens with zero attached hydrogens (tertiary/aromatic N) is 2. The predicted molar refractivity (Wildman–Crippen MR) is 94.3 cm³/mol. The number of aromatic nitrogens is 1. The Bertz CT molecular complexity index is 863. The van der Waals surface area contributed by atoms with Gasteiger partial charge in [-0.2, -0.15) is 4.31 Å². The second kappa shape index (κ2) is 7.20. The molecule has 0 atom stereocenters. The summed E-state index contributed by atoms with van der Waals surface area (Å²) in [6, 6.07) is 9.65. The predicted octanol–water partition coefficient (Wildman–Crippen LogP) is 1.38. The van der Waals surface area contributed by atoms with Crippen LogP contribution in [0.3, 0.4) is 0 Å². The van der Waals surface area contributed by atoms with Crippen LogP contribution in [0.25, 0.3) is 0 Å². The number of amides is 1. The first-order chi connectivity index (χ1) is 12.0. The molecule has 0 saturated carbocycles. The third-order valence-corrected chi connectivity index (χ3v) is 5.93. The number of hydrogen-bond acceptors (Lipinski definition) is 5. The van der Waals surface area contributed by atoms with Gasteiger partial charge >= 0.3 is 0 Å². The number of carbonyl (C=O) groups is 1. The molecule has 2 aromatic rings. The average Bonchev–Trinajstić information content (AvgIpc) is 3.15. The minimum Gasteiger partial charge on any atom is -0.399 e. The molecule has 1 aliphatic rings. The van der Waals surface area contributed by atoms with Gasteiger partial charge in [0.15, 0.2) is 0 Å². The van der Waals surface area contributed by atoms with Crippen LogP contribution < -0.4 is 11.1 Å². The summed E-state index contributed by atoms with van der Waals surface area (Å²) in [5.74, 6) is -0.393. The van der Waals surface area contributed by atoms with Gasteiger partial charge in [-0.3, -0.25) is 9.78 Å². The molecule has 0 spiro atoms. The molecule has 1 saturated heterocycles. The number of benzene rings is 1. The molecule has 0 aliphatic carbocycles. The van der Waals surface area contributed by atoms with Crippen LogP contribution in [-0.2, 0) is 16.6 Å². The highest BCUT2D eigenvalue weighted by Crippen LogP contribution is 2.24. The van der Waals surface area contributed by atoms with Crippen LogP contribution in [-0.4, -0.2) is 36.7 Å². The largest absolute Gasteiger partial charge is 0.399 e. The Morgan fingerprint density at radius 2 is 1.96 bits per heavy atom. The van der Waals surface area contributed by atoms with Crippen molar-refractivity contribution in [3.8, 4) is 0 Å². The Labute approximate surface area is 146 Å². The minimum atomic E-state index is -3.62. The van der Waals surface area contributed by atoms with Gasteiger partial charge in [-0.05, 0) is 43.2 Å². The first-order valence-electron chi connectivity index (χ1n) is 8.05. The summed E-state index contributed by atoms with van der Waals surface area (Å²) >= 11 is 0. The highest BCUT2D eigenvalue weighted by Gasteiger charge is 2.28. The summed E-state index contributed by atoms with van der Waals surface area (Å²) in [5.41, 5.74) is 6.99. The number of hydrogen-bond donors (Lipinski definition) is 2. The van der Waals surface area contributed by atoms with Crippen LogP contribution in [0.5, 0.6) is 0 Å². The summed E-state index contributed by atoms with van der Waals surface area (Å²) in [6.45, 7) is 1.25. The van der Waals surface area contributed by atoms with Crippen LogP contribution in [0.4, 0.5) is 5.69 Å². The van der Waals surface area contributed by atoms with Crippen molar-refractivity contribution in [1.29, 1.82) is 0 Å². The molecule has 1 amide bonds. The fourth-order valence-corrected chi connectivity index (χ4v) is 4.35. The molecule has 0 unspecified atom stereocenters. The van der Waals surface area contributed by atoms with Gasteiger partial charge in [-0.25, -0.2) is 8.42 Å². The van der Waals surface area contributed by atoms with Gasteiger partial charge < -0.3 is 11.1 Å². The maximum absolute atomic E-state index is 12.7. The Morgan fingerprint density at radius 3 is 2.64 bits per heavy atom. The summed E-state index contributed by atoms with van der Waals surface area (Å²) in [4.78, 5) is 16.6. The van der Waals surface area contributed by atoms with Crippen molar-refractivity contribution in [3.63, 3.8) is 0 Å². The van der Waals surface area contributed by atoms with Crippen LogP contribution in [0.15, 0.2) is 47.5 Å². The molecule has 1 aromatic heterocycles. The number of nitrogens with two attached hydrogens (primary N) is 1. The fourth-order valence-electron chi connectivity index (χ4n) is 2.76. The van der Waals surface area contributed by atoms with E-state index in [1.807, 2.05) is 6.07 Å². The molecule has 0 bridgehead atoms. The number of pyridine rings is 1. The zero-order valence-electron chi connectivity index (χ0n) is 13.7. The van der Waals surface area contributed by atoms with Crippen molar-refractivity contribution in [1.82, 2.24) is 14.6 Å². The molecule has 3 rings (SSSR count). The van der Waals surface area contributed by atoms with Crippen molar-refractivity contribution < 1.29 is 13.2 Å². The van der Waals surface area contributed by atoms with E-state index in [2.05, 4.69) is 10.3 Å². The van der Waals surface area contributed by atoms with Gasteiger partial charge in [0.05, 0.1) is 17.1 Å². The van der Waals surface area contributed by atoms with Crippen LogP contribution >= 0.6 is 0 Å². The smallest absolute Gasteiger partial charge is 0.251 e. The zero-order valence-corrected chi connectivity index (χ0v) is 14.5. The topological polar surface area (TPSA) is 105 Å². The number of nitrogen functional groups attached to an aromatic ring is 1. The first-order valence-corrected chi connectivity index (χ1v) is 9.49. The molecule has 0 radical (unpaired) electrons. The van der Waals surface area contributed by atoms with Crippen molar-refractivity contribution >= 4 is 21.6 Å². The van der Waals surface area contributed by atoms with E-state index >= 15 is 0 Å². The molecule has 132 valence electrons. The van der Waals surface area contributed by atoms with Gasteiger partial charge in [-0.15, -0.1) is 0 Å². The third kappa shape index (κ3) is 3.97. The van der Waals surface area contributed by atoms with E-state index in [9.17, 15) is 13.2 Å². The molecular weight excluding hydrogens is 340 g/mol. The number of sulfonamides is 1. The molecule has 1 aromatic carbocycles. The van der Waals surface area contributed by atoms with Gasteiger partial charge in [0.25, 0.3) is 5.91 Å². The zero-order chi connectivity index (χ0) is 17.9. The molecule has 2 heterocycles. The van der Waals surface area contributed by atoms with Crippen LogP contribution in [0.2, 0.25) is 0 Å². The highest BCUT2D eigenvalue weighted by atomic mass is 32.2. The summed E-state index contributed by atoms with van der Waals surface area (Å²) in [5, 5.41) is 2.73. The standard InChI is InChI=1S/C17H20N4O3S/c18-14-9-13(17(22)20-12-15-5-1-2-6-19-15)10-16(11-14)25(23,24)21-7-3-4-8-21/h1-2,5-6,9-11H,3-4,7-8,12,18H2,(H,20,22). The van der Waals surface area contributed by atoms with E-state index in [0.29, 0.717) is 18.8 Å². The lowest BCUT2D eigenvalue weighted by Gasteiger charge is -2.16. The highest BCUT2D eigenvalue weighted by molar-refractivity contribution is 7.89. The molecule has 25 heavy (non-hydrogen) atoms. The number of rotatable bonds is 5. The number of carbonyl (C=O) groups excluding carboxylic acids is 1. The van der Waals surface area contributed by atoms with Gasteiger partial charge in [0.1, 0.15) is 0 Å².